The van der Waals surface area contributed by atoms with Crippen LogP contribution in [0.5, 0.6) is 5.75 Å². The zero-order valence-electron chi connectivity index (χ0n) is 15.2. The Hall–Kier alpha value is -2.92. The number of rotatable bonds is 7. The SMILES string of the molecule is CNS(=O)(=O)c1cc(C(=O)Nc2cnn(C(C)(C)C(=O)O)c2)ccc1OC. The molecule has 3 N–H and O–H groups in total. The van der Waals surface area contributed by atoms with Crippen LogP contribution in [0.2, 0.25) is 0 Å². The van der Waals surface area contributed by atoms with Crippen LogP contribution in [0.25, 0.3) is 0 Å². The molecule has 1 heterocycles. The van der Waals surface area contributed by atoms with E-state index in [-0.39, 0.29) is 21.9 Å². The van der Waals surface area contributed by atoms with Crippen LogP contribution in [0.4, 0.5) is 5.69 Å². The molecule has 0 bridgehead atoms. The van der Waals surface area contributed by atoms with Crippen LogP contribution in [-0.2, 0) is 20.4 Å². The highest BCUT2D eigenvalue weighted by molar-refractivity contribution is 7.89. The molecule has 1 aromatic heterocycles. The maximum Gasteiger partial charge on any atom is 0.331 e. The van der Waals surface area contributed by atoms with Crippen molar-refractivity contribution in [3.8, 4) is 5.75 Å². The second-order valence-corrected chi connectivity index (χ2v) is 7.92. The normalized spacial score (nSPS) is 11.9. The fourth-order valence-electron chi connectivity index (χ4n) is 2.13. The van der Waals surface area contributed by atoms with E-state index in [1.807, 2.05) is 0 Å². The Kier molecular flexibility index (Phi) is 5.56. The summed E-state index contributed by atoms with van der Waals surface area (Å²) in [4.78, 5) is 23.5. The lowest BCUT2D eigenvalue weighted by atomic mass is 10.1. The van der Waals surface area contributed by atoms with Crippen molar-refractivity contribution in [3.05, 3.63) is 36.2 Å². The van der Waals surface area contributed by atoms with Crippen LogP contribution < -0.4 is 14.8 Å². The van der Waals surface area contributed by atoms with E-state index >= 15 is 0 Å². The second kappa shape index (κ2) is 7.37. The molecule has 0 saturated carbocycles. The molecule has 0 aliphatic heterocycles. The Morgan fingerprint density at radius 3 is 2.52 bits per heavy atom. The summed E-state index contributed by atoms with van der Waals surface area (Å²) in [5, 5.41) is 15.7. The number of ether oxygens (including phenoxy) is 1. The Morgan fingerprint density at radius 1 is 1.30 bits per heavy atom. The molecule has 146 valence electrons. The van der Waals surface area contributed by atoms with Crippen molar-refractivity contribution < 1.29 is 27.9 Å². The van der Waals surface area contributed by atoms with Crippen LogP contribution in [0.3, 0.4) is 0 Å². The molecule has 0 saturated heterocycles. The van der Waals surface area contributed by atoms with Crippen molar-refractivity contribution in [2.75, 3.05) is 19.5 Å². The van der Waals surface area contributed by atoms with Crippen molar-refractivity contribution in [2.24, 2.45) is 0 Å². The lowest BCUT2D eigenvalue weighted by Crippen LogP contribution is -2.35. The Morgan fingerprint density at radius 2 is 1.96 bits per heavy atom. The molecule has 27 heavy (non-hydrogen) atoms. The number of carboxylic acids is 1. The van der Waals surface area contributed by atoms with Gasteiger partial charge in [0.25, 0.3) is 5.91 Å². The number of sulfonamides is 1. The van der Waals surface area contributed by atoms with Gasteiger partial charge in [-0.15, -0.1) is 0 Å². The Balaban J connectivity index is 2.31. The summed E-state index contributed by atoms with van der Waals surface area (Å²) in [6.45, 7) is 2.93. The van der Waals surface area contributed by atoms with Gasteiger partial charge in [0.1, 0.15) is 10.6 Å². The lowest BCUT2D eigenvalue weighted by Gasteiger charge is -2.19. The van der Waals surface area contributed by atoms with Gasteiger partial charge in [-0.3, -0.25) is 9.48 Å². The van der Waals surface area contributed by atoms with Crippen LogP contribution in [0.15, 0.2) is 35.5 Å². The molecule has 0 radical (unpaired) electrons. The number of aromatic nitrogens is 2. The smallest absolute Gasteiger partial charge is 0.331 e. The average molecular weight is 396 g/mol. The largest absolute Gasteiger partial charge is 0.495 e. The first-order valence-electron chi connectivity index (χ1n) is 7.74. The highest BCUT2D eigenvalue weighted by Crippen LogP contribution is 2.25. The van der Waals surface area contributed by atoms with Crippen molar-refractivity contribution in [1.29, 1.82) is 0 Å². The summed E-state index contributed by atoms with van der Waals surface area (Å²) in [5.41, 5.74) is -0.949. The summed E-state index contributed by atoms with van der Waals surface area (Å²) in [6.07, 6.45) is 2.68. The minimum Gasteiger partial charge on any atom is -0.495 e. The number of carbonyl (C=O) groups excluding carboxylic acids is 1. The van der Waals surface area contributed by atoms with Crippen LogP contribution in [-0.4, -0.2) is 49.3 Å². The van der Waals surface area contributed by atoms with E-state index in [0.717, 1.165) is 0 Å². The number of nitrogens with zero attached hydrogens (tertiary/aromatic N) is 2. The van der Waals surface area contributed by atoms with Gasteiger partial charge in [0.05, 0.1) is 19.0 Å². The van der Waals surface area contributed by atoms with E-state index in [1.165, 1.54) is 63.3 Å². The number of nitrogens with one attached hydrogen (secondary N) is 2. The minimum atomic E-state index is -3.83. The van der Waals surface area contributed by atoms with E-state index < -0.39 is 27.4 Å². The number of carbonyl (C=O) groups is 2. The van der Waals surface area contributed by atoms with Gasteiger partial charge in [-0.2, -0.15) is 5.10 Å². The predicted octanol–water partition coefficient (Wildman–Crippen LogP) is 0.872. The first-order chi connectivity index (χ1) is 12.5. The highest BCUT2D eigenvalue weighted by atomic mass is 32.2. The van der Waals surface area contributed by atoms with Crippen molar-refractivity contribution >= 4 is 27.6 Å². The van der Waals surface area contributed by atoms with Crippen LogP contribution in [0, 0.1) is 0 Å². The molecule has 0 unspecified atom stereocenters. The molecule has 2 rings (SSSR count). The minimum absolute atomic E-state index is 0.0786. The van der Waals surface area contributed by atoms with Gasteiger partial charge in [0.2, 0.25) is 10.0 Å². The van der Waals surface area contributed by atoms with Gasteiger partial charge in [0, 0.05) is 11.8 Å². The Labute approximate surface area is 156 Å². The number of carboxylic acid groups (broad SMARTS) is 1. The van der Waals surface area contributed by atoms with Gasteiger partial charge in [0.15, 0.2) is 5.54 Å². The molecule has 0 aliphatic rings. The molecule has 10 nitrogen and oxygen atoms in total. The van der Waals surface area contributed by atoms with E-state index in [9.17, 15) is 23.1 Å². The van der Waals surface area contributed by atoms with Gasteiger partial charge < -0.3 is 15.2 Å². The summed E-state index contributed by atoms with van der Waals surface area (Å²) in [5.74, 6) is -1.57. The second-order valence-electron chi connectivity index (χ2n) is 6.07. The quantitative estimate of drug-likeness (QED) is 0.631. The highest BCUT2D eigenvalue weighted by Gasteiger charge is 2.30. The molecular formula is C16H20N4O6S. The fourth-order valence-corrected chi connectivity index (χ4v) is 3.05. The molecule has 0 fully saturated rings. The molecule has 1 aromatic carbocycles. The third-order valence-corrected chi connectivity index (χ3v) is 5.36. The molecule has 2 aromatic rings. The number of anilines is 1. The standard InChI is InChI=1S/C16H20N4O6S/c1-16(2,15(22)23)20-9-11(8-18-20)19-14(21)10-5-6-12(26-4)13(7-10)27(24,25)17-3/h5-9,17H,1-4H3,(H,19,21)(H,22,23). The number of aliphatic carboxylic acids is 1. The topological polar surface area (TPSA) is 140 Å². The first kappa shape index (κ1) is 20.4. The lowest BCUT2D eigenvalue weighted by molar-refractivity contribution is -0.146. The van der Waals surface area contributed by atoms with Gasteiger partial charge in [-0.1, -0.05) is 0 Å². The number of benzene rings is 1. The predicted molar refractivity (Wildman–Crippen MR) is 96.4 cm³/mol. The molecule has 1 amide bonds. The molecule has 11 heteroatoms. The van der Waals surface area contributed by atoms with Gasteiger partial charge in [-0.05, 0) is 39.1 Å². The van der Waals surface area contributed by atoms with Gasteiger partial charge >= 0.3 is 5.97 Å². The zero-order valence-corrected chi connectivity index (χ0v) is 16.0. The average Bonchev–Trinajstić information content (AvgIpc) is 3.10. The van der Waals surface area contributed by atoms with E-state index in [0.29, 0.717) is 0 Å². The van der Waals surface area contributed by atoms with E-state index in [1.54, 1.807) is 0 Å². The molecule has 0 atom stereocenters. The van der Waals surface area contributed by atoms with Crippen LogP contribution in [0.1, 0.15) is 24.2 Å². The number of amides is 1. The third-order valence-electron chi connectivity index (χ3n) is 3.92. The van der Waals surface area contributed by atoms with Crippen molar-refractivity contribution in [3.63, 3.8) is 0 Å². The van der Waals surface area contributed by atoms with Crippen LogP contribution >= 0.6 is 0 Å². The number of methoxy groups -OCH3 is 1. The summed E-state index contributed by atoms with van der Waals surface area (Å²) in [6, 6.07) is 3.97. The molecular weight excluding hydrogens is 376 g/mol. The van der Waals surface area contributed by atoms with Crippen molar-refractivity contribution in [1.82, 2.24) is 14.5 Å². The van der Waals surface area contributed by atoms with Gasteiger partial charge in [-0.25, -0.2) is 17.9 Å². The van der Waals surface area contributed by atoms with E-state index in [2.05, 4.69) is 15.1 Å². The zero-order chi connectivity index (χ0) is 20.4. The maximum absolute atomic E-state index is 12.5. The van der Waals surface area contributed by atoms with Crippen molar-refractivity contribution in [2.45, 2.75) is 24.3 Å². The summed E-state index contributed by atoms with van der Waals surface area (Å²) >= 11 is 0. The molecule has 0 aliphatic carbocycles. The number of hydrogen-bond acceptors (Lipinski definition) is 6. The fraction of sp³-hybridized carbons (Fsp3) is 0.312. The monoisotopic (exact) mass is 396 g/mol. The maximum atomic E-state index is 12.5. The summed E-state index contributed by atoms with van der Waals surface area (Å²) < 4.78 is 32.6. The Bertz CT molecular complexity index is 981. The molecule has 0 spiro atoms. The summed E-state index contributed by atoms with van der Waals surface area (Å²) in [7, 11) is -1.26. The first-order valence-corrected chi connectivity index (χ1v) is 9.22. The van der Waals surface area contributed by atoms with E-state index in [4.69, 9.17) is 4.74 Å². The third kappa shape index (κ3) is 4.09. The number of hydrogen-bond donors (Lipinski definition) is 3.